The molecule has 1 aliphatic carbocycles. The maximum Gasteiger partial charge on any atom is 0.307 e. The number of hydrogen-bond acceptors (Lipinski definition) is 9. The van der Waals surface area contributed by atoms with Gasteiger partial charge in [0.15, 0.2) is 12.1 Å². The van der Waals surface area contributed by atoms with Crippen LogP contribution >= 0.6 is 11.6 Å². The van der Waals surface area contributed by atoms with Crippen LogP contribution in [-0.2, 0) is 12.5 Å². The number of nitriles is 1. The smallest absolute Gasteiger partial charge is 0.307 e. The molecule has 1 fully saturated rings. The molecule has 1 aromatic carbocycles. The van der Waals surface area contributed by atoms with Crippen LogP contribution in [0.5, 0.6) is 0 Å². The fourth-order valence-electron chi connectivity index (χ4n) is 4.01. The van der Waals surface area contributed by atoms with Crippen molar-refractivity contribution in [3.05, 3.63) is 75.5 Å². The molecule has 0 unspecified atom stereocenters. The quantitative estimate of drug-likeness (QED) is 0.286. The fraction of sp³-hybridized carbons (Fsp3) is 0.333. The first kappa shape index (κ1) is 30.4. The first-order valence-electron chi connectivity index (χ1n) is 12.9. The van der Waals surface area contributed by atoms with E-state index < -0.39 is 17.7 Å². The van der Waals surface area contributed by atoms with Crippen molar-refractivity contribution < 1.29 is 18.4 Å². The van der Waals surface area contributed by atoms with Crippen molar-refractivity contribution in [2.75, 3.05) is 12.4 Å². The number of amides is 1. The Hall–Kier alpha value is -4.61. The van der Waals surface area contributed by atoms with Crippen LogP contribution in [0.3, 0.4) is 0 Å². The van der Waals surface area contributed by atoms with E-state index in [1.54, 1.807) is 19.1 Å². The zero-order valence-corrected chi connectivity index (χ0v) is 23.7. The number of rotatable bonds is 8. The van der Waals surface area contributed by atoms with Gasteiger partial charge >= 0.3 is 5.92 Å². The molecule has 3 heterocycles. The topological polar surface area (TPSA) is 156 Å². The molecule has 2 N–H and O–H groups in total. The molecule has 0 spiro atoms. The second kappa shape index (κ2) is 12.9. The van der Waals surface area contributed by atoms with E-state index in [0.29, 0.717) is 18.8 Å². The number of nitrogens with one attached hydrogen (secondary N) is 2. The molecule has 0 aliphatic heterocycles. The van der Waals surface area contributed by atoms with Gasteiger partial charge in [-0.3, -0.25) is 9.59 Å². The Morgan fingerprint density at radius 2 is 2.05 bits per heavy atom. The van der Waals surface area contributed by atoms with E-state index in [2.05, 4.69) is 36.1 Å². The minimum Gasteiger partial charge on any atom is -0.320 e. The Balaban J connectivity index is 0.000000600. The molecule has 4 aromatic rings. The molecule has 0 radical (unpaired) electrons. The minimum atomic E-state index is -3.28. The number of halogens is 3. The van der Waals surface area contributed by atoms with E-state index in [1.807, 2.05) is 13.1 Å². The van der Waals surface area contributed by atoms with Gasteiger partial charge in [0.05, 0.1) is 28.0 Å². The molecule has 0 saturated heterocycles. The maximum atomic E-state index is 13.5. The Morgan fingerprint density at radius 3 is 2.60 bits per heavy atom. The molecule has 12 nitrogen and oxygen atoms in total. The predicted octanol–water partition coefficient (Wildman–Crippen LogP) is 4.07. The van der Waals surface area contributed by atoms with Gasteiger partial charge in [-0.25, -0.2) is 9.67 Å². The van der Waals surface area contributed by atoms with Crippen molar-refractivity contribution in [2.45, 2.75) is 51.6 Å². The number of aryl methyl sites for hydroxylation is 1. The minimum absolute atomic E-state index is 0.0210. The molecule has 1 saturated carbocycles. The van der Waals surface area contributed by atoms with Crippen LogP contribution in [0.1, 0.15) is 69.7 Å². The summed E-state index contributed by atoms with van der Waals surface area (Å²) >= 11 is 6.27. The van der Waals surface area contributed by atoms with Crippen LogP contribution in [0.2, 0.25) is 5.02 Å². The second-order valence-corrected chi connectivity index (χ2v) is 10.0. The molecule has 42 heavy (non-hydrogen) atoms. The Kier molecular flexibility index (Phi) is 9.34. The Labute approximate surface area is 244 Å². The summed E-state index contributed by atoms with van der Waals surface area (Å²) in [6.07, 6.45) is 6.21. The Bertz CT molecular complexity index is 1630. The van der Waals surface area contributed by atoms with Gasteiger partial charge in [-0.2, -0.15) is 23.9 Å². The number of anilines is 1. The number of hydrogen-bond donors (Lipinski definition) is 2. The maximum absolute atomic E-state index is 13.5. The summed E-state index contributed by atoms with van der Waals surface area (Å²) in [5.41, 5.74) is 1.28. The van der Waals surface area contributed by atoms with Crippen LogP contribution in [0.25, 0.3) is 5.82 Å². The molecule has 3 aromatic heterocycles. The van der Waals surface area contributed by atoms with Crippen LogP contribution < -0.4 is 10.6 Å². The second-order valence-electron chi connectivity index (χ2n) is 9.63. The highest BCUT2D eigenvalue weighted by molar-refractivity contribution is 6.32. The van der Waals surface area contributed by atoms with Crippen molar-refractivity contribution >= 4 is 29.5 Å². The van der Waals surface area contributed by atoms with E-state index in [1.165, 1.54) is 48.3 Å². The number of carbonyl (C=O) groups is 2. The van der Waals surface area contributed by atoms with E-state index in [0.717, 1.165) is 10.8 Å². The molecule has 218 valence electrons. The highest BCUT2D eigenvalue weighted by atomic mass is 35.5. The molecular formula is C27H27ClF2N10O2. The van der Waals surface area contributed by atoms with Gasteiger partial charge in [-0.15, -0.1) is 10.2 Å². The summed E-state index contributed by atoms with van der Waals surface area (Å²) < 4.78 is 28.1. The summed E-state index contributed by atoms with van der Waals surface area (Å²) in [5.74, 6) is -4.57. The molecule has 1 aliphatic rings. The fourth-order valence-corrected chi connectivity index (χ4v) is 4.21. The zero-order chi connectivity index (χ0) is 30.4. The van der Waals surface area contributed by atoms with Gasteiger partial charge in [0.2, 0.25) is 5.82 Å². The van der Waals surface area contributed by atoms with Gasteiger partial charge in [-0.05, 0) is 67.9 Å². The van der Waals surface area contributed by atoms with Crippen molar-refractivity contribution in [2.24, 2.45) is 0 Å². The van der Waals surface area contributed by atoms with E-state index >= 15 is 0 Å². The third-order valence-electron chi connectivity index (χ3n) is 6.46. The summed E-state index contributed by atoms with van der Waals surface area (Å²) in [4.78, 5) is 30.0. The number of aldehydes is 1. The average Bonchev–Trinajstić information content (AvgIpc) is 3.57. The summed E-state index contributed by atoms with van der Waals surface area (Å²) in [6.45, 7) is 2.10. The predicted molar refractivity (Wildman–Crippen MR) is 149 cm³/mol. The van der Waals surface area contributed by atoms with E-state index in [-0.39, 0.29) is 45.6 Å². The SMILES string of the molecule is CNC1CCC1.Cc1cc(C#N)cc(C=O)c1NC(=O)c1cc(Cn2nnc(C(C)(F)F)n2)nn1-c1ncccc1Cl. The monoisotopic (exact) mass is 596 g/mol. The number of benzene rings is 1. The molecule has 1 amide bonds. The highest BCUT2D eigenvalue weighted by Gasteiger charge is 2.31. The van der Waals surface area contributed by atoms with Crippen LogP contribution in [0.4, 0.5) is 14.5 Å². The number of alkyl halides is 2. The molecule has 0 atom stereocenters. The number of carbonyl (C=O) groups excluding carboxylic acids is 2. The van der Waals surface area contributed by atoms with Crippen LogP contribution in [0.15, 0.2) is 36.5 Å². The summed E-state index contributed by atoms with van der Waals surface area (Å²) in [7, 11) is 2.03. The zero-order valence-electron chi connectivity index (χ0n) is 23.0. The third kappa shape index (κ3) is 6.99. The standard InChI is InChI=1S/C22H16ClF2N9O2.C5H11N/c1-12-6-13(9-26)7-14(11-35)18(12)28-20(36)17-8-15(10-33-31-21(29-32-33)22(2,24)25)30-34(17)19-16(23)4-3-5-27-19;1-6-5-3-2-4-5/h3-8,11H,10H2,1-2H3,(H,28,36);5-6H,2-4H2,1H3. The van der Waals surface area contributed by atoms with Crippen LogP contribution in [-0.4, -0.2) is 60.3 Å². The van der Waals surface area contributed by atoms with Crippen LogP contribution in [0, 0.1) is 18.3 Å². The summed E-state index contributed by atoms with van der Waals surface area (Å²) in [5, 5.41) is 30.2. The number of nitrogens with zero attached hydrogens (tertiary/aromatic N) is 8. The average molecular weight is 597 g/mol. The molecular weight excluding hydrogens is 570 g/mol. The van der Waals surface area contributed by atoms with E-state index in [4.69, 9.17) is 16.9 Å². The number of pyridine rings is 1. The molecule has 0 bridgehead atoms. The number of aromatic nitrogens is 7. The molecule has 15 heteroatoms. The lowest BCUT2D eigenvalue weighted by Crippen LogP contribution is -2.31. The lowest BCUT2D eigenvalue weighted by Gasteiger charge is -2.23. The molecule has 5 rings (SSSR count). The van der Waals surface area contributed by atoms with Gasteiger partial charge in [0, 0.05) is 24.7 Å². The van der Waals surface area contributed by atoms with Gasteiger partial charge < -0.3 is 10.6 Å². The first-order chi connectivity index (χ1) is 20.0. The largest absolute Gasteiger partial charge is 0.320 e. The van der Waals surface area contributed by atoms with Crippen molar-refractivity contribution in [3.8, 4) is 11.9 Å². The van der Waals surface area contributed by atoms with E-state index in [9.17, 15) is 18.4 Å². The van der Waals surface area contributed by atoms with Gasteiger partial charge in [0.25, 0.3) is 5.91 Å². The van der Waals surface area contributed by atoms with Gasteiger partial charge in [0.1, 0.15) is 12.2 Å². The van der Waals surface area contributed by atoms with Gasteiger partial charge in [-0.1, -0.05) is 18.0 Å². The normalized spacial score (nSPS) is 13.0. The first-order valence-corrected chi connectivity index (χ1v) is 13.3. The van der Waals surface area contributed by atoms with Crippen molar-refractivity contribution in [3.63, 3.8) is 0 Å². The lowest BCUT2D eigenvalue weighted by atomic mass is 9.94. The summed E-state index contributed by atoms with van der Waals surface area (Å²) in [6, 6.07) is 10.2. The van der Waals surface area contributed by atoms with Crippen molar-refractivity contribution in [1.82, 2.24) is 40.3 Å². The van der Waals surface area contributed by atoms with Crippen molar-refractivity contribution in [1.29, 1.82) is 5.26 Å². The number of tetrazole rings is 1. The highest BCUT2D eigenvalue weighted by Crippen LogP contribution is 2.25. The Morgan fingerprint density at radius 1 is 1.29 bits per heavy atom. The third-order valence-corrected chi connectivity index (χ3v) is 6.75. The lowest BCUT2D eigenvalue weighted by molar-refractivity contribution is 0.00737.